The van der Waals surface area contributed by atoms with Crippen LogP contribution in [-0.4, -0.2) is 30.0 Å². The molecule has 2 N–H and O–H groups in total. The first-order valence-electron chi connectivity index (χ1n) is 6.76. The minimum atomic E-state index is -0.141. The predicted octanol–water partition coefficient (Wildman–Crippen LogP) is 3.09. The molecular formula is C15H20N4OS. The Hall–Kier alpha value is -1.92. The molecule has 6 heteroatoms. The van der Waals surface area contributed by atoms with Crippen LogP contribution in [0.3, 0.4) is 0 Å². The molecule has 0 fully saturated rings. The van der Waals surface area contributed by atoms with Crippen LogP contribution < -0.4 is 10.6 Å². The molecule has 112 valence electrons. The first kappa shape index (κ1) is 15.5. The van der Waals surface area contributed by atoms with Gasteiger partial charge in [-0.25, -0.2) is 9.78 Å². The number of hydrogen-bond donors (Lipinski definition) is 2. The molecule has 0 saturated carbocycles. The Morgan fingerprint density at radius 3 is 2.67 bits per heavy atom. The highest BCUT2D eigenvalue weighted by molar-refractivity contribution is 7.07. The maximum atomic E-state index is 12.1. The molecule has 0 aliphatic heterocycles. The molecule has 0 radical (unpaired) electrons. The second-order valence-electron chi connectivity index (χ2n) is 4.90. The zero-order valence-corrected chi connectivity index (χ0v) is 13.3. The van der Waals surface area contributed by atoms with Gasteiger partial charge in [-0.05, 0) is 31.7 Å². The first-order valence-corrected chi connectivity index (χ1v) is 7.71. The number of aromatic nitrogens is 1. The van der Waals surface area contributed by atoms with E-state index in [2.05, 4.69) is 22.5 Å². The SMILES string of the molecule is CNC(C)c1ccc(NC(=O)N(C)Cc2cscn2)cc1. The molecule has 0 aliphatic rings. The van der Waals surface area contributed by atoms with Crippen LogP contribution in [-0.2, 0) is 6.54 Å². The fourth-order valence-electron chi connectivity index (χ4n) is 1.87. The number of carbonyl (C=O) groups excluding carboxylic acids is 1. The quantitative estimate of drug-likeness (QED) is 0.892. The van der Waals surface area contributed by atoms with E-state index in [9.17, 15) is 4.79 Å². The van der Waals surface area contributed by atoms with Crippen LogP contribution in [0.15, 0.2) is 35.2 Å². The third-order valence-corrected chi connectivity index (χ3v) is 3.96. The van der Waals surface area contributed by atoms with Crippen LogP contribution >= 0.6 is 11.3 Å². The van der Waals surface area contributed by atoms with E-state index in [0.29, 0.717) is 12.6 Å². The molecule has 1 heterocycles. The first-order chi connectivity index (χ1) is 10.1. The number of nitrogens with one attached hydrogen (secondary N) is 2. The molecule has 2 amide bonds. The van der Waals surface area contributed by atoms with Crippen LogP contribution in [0, 0.1) is 0 Å². The van der Waals surface area contributed by atoms with Gasteiger partial charge in [0.15, 0.2) is 0 Å². The number of thiazole rings is 1. The number of hydrogen-bond acceptors (Lipinski definition) is 4. The average molecular weight is 304 g/mol. The normalized spacial score (nSPS) is 12.0. The van der Waals surface area contributed by atoms with E-state index < -0.39 is 0 Å². The maximum absolute atomic E-state index is 12.1. The molecule has 0 spiro atoms. The van der Waals surface area contributed by atoms with E-state index in [1.807, 2.05) is 36.7 Å². The van der Waals surface area contributed by atoms with Gasteiger partial charge in [0.1, 0.15) is 0 Å². The number of urea groups is 1. The Morgan fingerprint density at radius 2 is 2.10 bits per heavy atom. The van der Waals surface area contributed by atoms with Crippen molar-refractivity contribution < 1.29 is 4.79 Å². The van der Waals surface area contributed by atoms with Crippen LogP contribution in [0.5, 0.6) is 0 Å². The lowest BCUT2D eigenvalue weighted by Gasteiger charge is -2.17. The fraction of sp³-hybridized carbons (Fsp3) is 0.333. The Labute approximate surface area is 129 Å². The molecule has 2 rings (SSSR count). The Bertz CT molecular complexity index is 568. The standard InChI is InChI=1S/C15H20N4OS/c1-11(16-2)12-4-6-13(7-5-12)18-15(20)19(3)8-14-9-21-10-17-14/h4-7,9-11,16H,8H2,1-3H3,(H,18,20). The fourth-order valence-corrected chi connectivity index (χ4v) is 2.42. The molecule has 1 aromatic heterocycles. The van der Waals surface area contributed by atoms with Crippen molar-refractivity contribution in [2.75, 3.05) is 19.4 Å². The molecule has 21 heavy (non-hydrogen) atoms. The molecule has 0 aliphatic carbocycles. The summed E-state index contributed by atoms with van der Waals surface area (Å²) in [5.41, 5.74) is 4.64. The summed E-state index contributed by atoms with van der Waals surface area (Å²) in [5, 5.41) is 8.01. The molecule has 0 saturated heterocycles. The summed E-state index contributed by atoms with van der Waals surface area (Å²) in [5.74, 6) is 0. The van der Waals surface area contributed by atoms with E-state index in [1.165, 1.54) is 16.9 Å². The Kier molecular flexibility index (Phi) is 5.30. The second kappa shape index (κ2) is 7.19. The minimum Gasteiger partial charge on any atom is -0.322 e. The number of amides is 2. The summed E-state index contributed by atoms with van der Waals surface area (Å²) >= 11 is 1.53. The summed E-state index contributed by atoms with van der Waals surface area (Å²) in [4.78, 5) is 17.9. The van der Waals surface area contributed by atoms with E-state index in [0.717, 1.165) is 11.4 Å². The third kappa shape index (κ3) is 4.27. The second-order valence-corrected chi connectivity index (χ2v) is 5.62. The Morgan fingerprint density at radius 1 is 1.38 bits per heavy atom. The number of benzene rings is 1. The van der Waals surface area contributed by atoms with Crippen molar-refractivity contribution in [3.63, 3.8) is 0 Å². The van der Waals surface area contributed by atoms with E-state index in [4.69, 9.17) is 0 Å². The van der Waals surface area contributed by atoms with Crippen molar-refractivity contribution in [1.29, 1.82) is 0 Å². The van der Waals surface area contributed by atoms with E-state index >= 15 is 0 Å². The van der Waals surface area contributed by atoms with Crippen LogP contribution in [0.2, 0.25) is 0 Å². The summed E-state index contributed by atoms with van der Waals surface area (Å²) in [6.45, 7) is 2.60. The Balaban J connectivity index is 1.92. The number of rotatable bonds is 5. The van der Waals surface area contributed by atoms with Crippen molar-refractivity contribution in [3.05, 3.63) is 46.4 Å². The van der Waals surface area contributed by atoms with Gasteiger partial charge in [0.2, 0.25) is 0 Å². The average Bonchev–Trinajstić information content (AvgIpc) is 3.00. The van der Waals surface area contributed by atoms with Crippen molar-refractivity contribution in [1.82, 2.24) is 15.2 Å². The van der Waals surface area contributed by atoms with Gasteiger partial charge in [0, 0.05) is 24.2 Å². The molecule has 2 aromatic rings. The van der Waals surface area contributed by atoms with Gasteiger partial charge in [-0.1, -0.05) is 12.1 Å². The monoisotopic (exact) mass is 304 g/mol. The number of nitrogens with zero attached hydrogens (tertiary/aromatic N) is 2. The van der Waals surface area contributed by atoms with Crippen molar-refractivity contribution in [2.24, 2.45) is 0 Å². The summed E-state index contributed by atoms with van der Waals surface area (Å²) in [6.07, 6.45) is 0. The summed E-state index contributed by atoms with van der Waals surface area (Å²) in [7, 11) is 3.68. The van der Waals surface area contributed by atoms with Crippen molar-refractivity contribution in [3.8, 4) is 0 Å². The highest BCUT2D eigenvalue weighted by Gasteiger charge is 2.10. The summed E-state index contributed by atoms with van der Waals surface area (Å²) in [6, 6.07) is 8.00. The highest BCUT2D eigenvalue weighted by Crippen LogP contribution is 2.16. The third-order valence-electron chi connectivity index (χ3n) is 3.32. The lowest BCUT2D eigenvalue weighted by Crippen LogP contribution is -2.30. The number of anilines is 1. The molecule has 1 unspecified atom stereocenters. The lowest BCUT2D eigenvalue weighted by molar-refractivity contribution is 0.220. The number of carbonyl (C=O) groups is 1. The van der Waals surface area contributed by atoms with Gasteiger partial charge in [0.05, 0.1) is 17.7 Å². The molecular weight excluding hydrogens is 284 g/mol. The van der Waals surface area contributed by atoms with Crippen LogP contribution in [0.1, 0.15) is 24.2 Å². The molecule has 1 aromatic carbocycles. The molecule has 0 bridgehead atoms. The van der Waals surface area contributed by atoms with Crippen LogP contribution in [0.25, 0.3) is 0 Å². The lowest BCUT2D eigenvalue weighted by atomic mass is 10.1. The van der Waals surface area contributed by atoms with Crippen molar-refractivity contribution >= 4 is 23.1 Å². The minimum absolute atomic E-state index is 0.141. The van der Waals surface area contributed by atoms with Gasteiger partial charge in [0.25, 0.3) is 0 Å². The van der Waals surface area contributed by atoms with Gasteiger partial charge < -0.3 is 15.5 Å². The van der Waals surface area contributed by atoms with Gasteiger partial charge in [-0.3, -0.25) is 0 Å². The topological polar surface area (TPSA) is 57.3 Å². The smallest absolute Gasteiger partial charge is 0.321 e. The van der Waals surface area contributed by atoms with Crippen LogP contribution in [0.4, 0.5) is 10.5 Å². The van der Waals surface area contributed by atoms with E-state index in [1.54, 1.807) is 17.5 Å². The zero-order chi connectivity index (χ0) is 15.2. The molecule has 5 nitrogen and oxygen atoms in total. The maximum Gasteiger partial charge on any atom is 0.321 e. The van der Waals surface area contributed by atoms with E-state index in [-0.39, 0.29) is 6.03 Å². The predicted molar refractivity (Wildman–Crippen MR) is 86.5 cm³/mol. The largest absolute Gasteiger partial charge is 0.322 e. The van der Waals surface area contributed by atoms with Gasteiger partial charge >= 0.3 is 6.03 Å². The van der Waals surface area contributed by atoms with Gasteiger partial charge in [-0.15, -0.1) is 11.3 Å². The zero-order valence-electron chi connectivity index (χ0n) is 12.5. The van der Waals surface area contributed by atoms with Gasteiger partial charge in [-0.2, -0.15) is 0 Å². The summed E-state index contributed by atoms with van der Waals surface area (Å²) < 4.78 is 0. The highest BCUT2D eigenvalue weighted by atomic mass is 32.1. The van der Waals surface area contributed by atoms with Crippen molar-refractivity contribution in [2.45, 2.75) is 19.5 Å². The molecule has 1 atom stereocenters.